The molecule has 1 aromatic heterocycles. The van der Waals surface area contributed by atoms with Gasteiger partial charge in [-0.2, -0.15) is 0 Å². The van der Waals surface area contributed by atoms with E-state index in [2.05, 4.69) is 16.9 Å². The van der Waals surface area contributed by atoms with Crippen LogP contribution in [0.3, 0.4) is 0 Å². The number of methoxy groups -OCH3 is 1. The summed E-state index contributed by atoms with van der Waals surface area (Å²) in [6.45, 7) is 22.7. The summed E-state index contributed by atoms with van der Waals surface area (Å²) in [5.74, 6) is -3.67. The summed E-state index contributed by atoms with van der Waals surface area (Å²) >= 11 is 0. The van der Waals surface area contributed by atoms with Gasteiger partial charge in [-0.3, -0.25) is 4.79 Å². The average molecular weight is 1080 g/mol. The Morgan fingerprint density at radius 1 is 1.04 bits per heavy atom. The summed E-state index contributed by atoms with van der Waals surface area (Å²) < 4.78 is 86.2. The summed E-state index contributed by atoms with van der Waals surface area (Å²) in [7, 11) is 0.0442. The number of ether oxygens (including phenoxy) is 7. The third-order valence-electron chi connectivity index (χ3n) is 17.1. The molecule has 75 heavy (non-hydrogen) atoms. The fraction of sp³-hybridized carbons (Fsp3) is 0.782. The Bertz CT molecular complexity index is 2360. The molecule has 20 heteroatoms. The molecule has 2 aromatic rings. The maximum absolute atomic E-state index is 14.8. The number of cyclic esters (lactones) is 1. The van der Waals surface area contributed by atoms with E-state index in [1.165, 1.54) is 23.9 Å². The number of aromatic nitrogens is 3. The average Bonchev–Trinajstić information content (AvgIpc) is 3.83. The number of rotatable bonds is 15. The Morgan fingerprint density at radius 2 is 1.72 bits per heavy atom. The number of likely N-dealkylation sites (N-methyl/N-ethyl adjacent to an activating group) is 1. The number of nitrogens with zero attached hydrogens (tertiary/aromatic N) is 4. The van der Waals surface area contributed by atoms with E-state index < -0.39 is 136 Å². The fourth-order valence-electron chi connectivity index (χ4n) is 12.2. The topological polar surface area (TPSA) is 234 Å². The Kier molecular flexibility index (Phi) is 20.2. The van der Waals surface area contributed by atoms with E-state index in [1.807, 2.05) is 53.5 Å². The van der Waals surface area contributed by atoms with Gasteiger partial charge in [-0.25, -0.2) is 17.5 Å². The quantitative estimate of drug-likeness (QED) is 0.114. The van der Waals surface area contributed by atoms with E-state index in [9.17, 15) is 38.3 Å². The molecule has 0 spiro atoms. The van der Waals surface area contributed by atoms with Crippen LogP contribution in [0.25, 0.3) is 0 Å². The Balaban J connectivity index is 1.33. The first kappa shape index (κ1) is 60.9. The molecule has 4 N–H and O–H groups in total. The van der Waals surface area contributed by atoms with Crippen LogP contribution in [0.4, 0.5) is 4.39 Å². The van der Waals surface area contributed by atoms with E-state index in [0.29, 0.717) is 50.1 Å². The van der Waals surface area contributed by atoms with Crippen LogP contribution in [0.15, 0.2) is 47.5 Å². The predicted octanol–water partition coefficient (Wildman–Crippen LogP) is 6.23. The van der Waals surface area contributed by atoms with E-state index in [0.717, 1.165) is 17.4 Å². The van der Waals surface area contributed by atoms with Gasteiger partial charge in [0, 0.05) is 56.6 Å². The van der Waals surface area contributed by atoms with Crippen LogP contribution in [0.5, 0.6) is 0 Å². The second kappa shape index (κ2) is 24.8. The van der Waals surface area contributed by atoms with Gasteiger partial charge in [0.25, 0.3) is 0 Å². The van der Waals surface area contributed by atoms with Crippen molar-refractivity contribution >= 4 is 21.5 Å². The lowest BCUT2D eigenvalue weighted by Crippen LogP contribution is -2.61. The number of sulfone groups is 1. The van der Waals surface area contributed by atoms with Crippen LogP contribution in [0, 0.1) is 35.0 Å². The van der Waals surface area contributed by atoms with Crippen LogP contribution < -0.4 is 0 Å². The van der Waals surface area contributed by atoms with Crippen LogP contribution in [0.1, 0.15) is 125 Å². The molecule has 0 unspecified atom stereocenters. The monoisotopic (exact) mass is 1080 g/mol. The van der Waals surface area contributed by atoms with Gasteiger partial charge in [0.05, 0.1) is 64.8 Å². The molecule has 4 aliphatic rings. The third kappa shape index (κ3) is 14.0. The number of carbonyl (C=O) groups is 1. The number of benzene rings is 1. The van der Waals surface area contributed by atoms with Gasteiger partial charge in [-0.15, -0.1) is 5.10 Å². The molecule has 424 valence electrons. The molecule has 6 rings (SSSR count). The highest BCUT2D eigenvalue weighted by Crippen LogP contribution is 2.45. The van der Waals surface area contributed by atoms with E-state index >= 15 is 0 Å². The van der Waals surface area contributed by atoms with E-state index in [4.69, 9.17) is 33.2 Å². The second-order valence-corrected chi connectivity index (χ2v) is 25.1. The van der Waals surface area contributed by atoms with Gasteiger partial charge in [-0.1, -0.05) is 57.2 Å². The lowest BCUT2D eigenvalue weighted by molar-refractivity contribution is -0.320. The summed E-state index contributed by atoms with van der Waals surface area (Å²) in [5, 5.41) is 54.5. The van der Waals surface area contributed by atoms with Crippen LogP contribution in [0.2, 0.25) is 0 Å². The molecule has 4 fully saturated rings. The van der Waals surface area contributed by atoms with Crippen LogP contribution >= 0.6 is 0 Å². The van der Waals surface area contributed by atoms with Crippen molar-refractivity contribution in [3.8, 4) is 0 Å². The normalized spacial score (nSPS) is 39.3. The Hall–Kier alpha value is -3.28. The second-order valence-electron chi connectivity index (χ2n) is 23.1. The Morgan fingerprint density at radius 3 is 2.35 bits per heavy atom. The number of esters is 1. The highest BCUT2D eigenvalue weighted by molar-refractivity contribution is 7.90. The molecule has 2 bridgehead atoms. The summed E-state index contributed by atoms with van der Waals surface area (Å²) in [5.41, 5.74) is -1.29. The molecule has 4 aliphatic heterocycles. The molecule has 18 nitrogen and oxygen atoms in total. The zero-order valence-corrected chi connectivity index (χ0v) is 47.4. The number of alkyl halides is 1. The van der Waals surface area contributed by atoms with Crippen LogP contribution in [-0.4, -0.2) is 174 Å². The SMILES string of the molecule is C=C1CC[C@@H]2[C@@H](C)C(=N)[C@H](C)C[C@@](C)(OC1)[C@H](O[C@@H]1O[C@H](C)C[C@H](N(C)CCc3cn([C@H](CF)Cc4ccc(S(C)(=O)=O)cc4)nn3)[C@H]1O)[C@@H](C)[C@H](O[C@H]1C[C@@](C)(OC)[C@@H](O)[C@H](C)O1)[C@@H](C)C(=O)O[C@H](CC)[C@@]2(C)O. The highest BCUT2D eigenvalue weighted by Gasteiger charge is 2.54. The molecule has 0 amide bonds. The zero-order chi connectivity index (χ0) is 55.5. The standard InChI is InChI=1S/C55H88FN5O13S/c1-15-44-55(11,65)42-21-16-31(2)30-69-54(10,26-32(3)46(57)34(42)5)50(35(6)48(36(7)51(64)72-44)73-45-27-53(9,68-13)49(63)37(8)71-45)74-52-47(62)43(24-33(4)70-52)60(12)23-22-39-29-61(59-58-39)40(28-56)25-38-17-19-41(20-18-38)75(14,66)67/h17-20,29,32-37,40,42-45,47-50,52,57,62-63,65H,2,15-16,21-28,30H2,1,3-14H3/t32-,33-,34-,35+,36-,37+,40+,42-,43+,44-,45+,47-,48+,49+,50-,52+,53-,54-,55+/m1/s1. The van der Waals surface area contributed by atoms with Gasteiger partial charge < -0.3 is 58.8 Å². The zero-order valence-electron chi connectivity index (χ0n) is 46.6. The number of nitrogens with one attached hydrogen (secondary N) is 1. The molecule has 0 aliphatic carbocycles. The molecule has 5 heterocycles. The maximum Gasteiger partial charge on any atom is 0.311 e. The van der Waals surface area contributed by atoms with Gasteiger partial charge in [-0.05, 0) is 123 Å². The lowest BCUT2D eigenvalue weighted by Gasteiger charge is -2.50. The number of hydrogen-bond donors (Lipinski definition) is 4. The molecule has 1 aromatic carbocycles. The smallest absolute Gasteiger partial charge is 0.311 e. The molecular formula is C55H88FN5O13S. The summed E-state index contributed by atoms with van der Waals surface area (Å²) in [6.07, 6.45) is -2.79. The van der Waals surface area contributed by atoms with Crippen molar-refractivity contribution in [2.45, 2.75) is 210 Å². The van der Waals surface area contributed by atoms with Gasteiger partial charge in [0.2, 0.25) is 0 Å². The number of hydrogen-bond acceptors (Lipinski definition) is 17. The Labute approximate surface area is 444 Å². The molecule has 0 saturated carbocycles. The summed E-state index contributed by atoms with van der Waals surface area (Å²) in [6, 6.07) is 5.24. The van der Waals surface area contributed by atoms with Gasteiger partial charge in [0.15, 0.2) is 22.4 Å². The van der Waals surface area contributed by atoms with Crippen molar-refractivity contribution in [2.24, 2.45) is 29.6 Å². The number of fused-ring (bicyclic) bond motifs is 5. The number of carbonyl (C=O) groups excluding carboxylic acids is 1. The van der Waals surface area contributed by atoms with Gasteiger partial charge in [0.1, 0.15) is 30.6 Å². The maximum atomic E-state index is 14.8. The fourth-order valence-corrected chi connectivity index (χ4v) is 12.9. The van der Waals surface area contributed by atoms with Crippen molar-refractivity contribution in [2.75, 3.05) is 40.2 Å². The third-order valence-corrected chi connectivity index (χ3v) is 18.3. The minimum Gasteiger partial charge on any atom is -0.459 e. The molecule has 0 radical (unpaired) electrons. The van der Waals surface area contributed by atoms with E-state index in [1.54, 1.807) is 46.0 Å². The number of aliphatic hydroxyl groups excluding tert-OH is 2. The van der Waals surface area contributed by atoms with Crippen molar-refractivity contribution in [1.29, 1.82) is 5.41 Å². The highest BCUT2D eigenvalue weighted by atomic mass is 32.2. The van der Waals surface area contributed by atoms with Gasteiger partial charge >= 0.3 is 5.97 Å². The molecule has 19 atom stereocenters. The lowest BCUT2D eigenvalue weighted by atomic mass is 9.68. The van der Waals surface area contributed by atoms with Crippen molar-refractivity contribution < 1.29 is 66.1 Å². The summed E-state index contributed by atoms with van der Waals surface area (Å²) in [4.78, 5) is 17.0. The van der Waals surface area contributed by atoms with Crippen LogP contribution in [-0.2, 0) is 60.6 Å². The predicted molar refractivity (Wildman–Crippen MR) is 280 cm³/mol. The van der Waals surface area contributed by atoms with E-state index in [-0.39, 0.29) is 30.8 Å². The minimum absolute atomic E-state index is 0.116. The number of aliphatic hydroxyl groups is 3. The molecule has 4 saturated heterocycles. The molecular weight excluding hydrogens is 990 g/mol. The van der Waals surface area contributed by atoms with Crippen molar-refractivity contribution in [3.63, 3.8) is 0 Å². The largest absolute Gasteiger partial charge is 0.459 e. The first-order valence-corrected chi connectivity index (χ1v) is 28.8. The van der Waals surface area contributed by atoms with Crippen molar-refractivity contribution in [3.05, 3.63) is 53.9 Å². The first-order chi connectivity index (χ1) is 35.1. The number of halogens is 1. The van der Waals surface area contributed by atoms with Crippen molar-refractivity contribution in [1.82, 2.24) is 19.9 Å². The minimum atomic E-state index is -3.38. The first-order valence-electron chi connectivity index (χ1n) is 26.9.